The summed E-state index contributed by atoms with van der Waals surface area (Å²) in [4.78, 5) is 37.4. The third-order valence-electron chi connectivity index (χ3n) is 4.63. The smallest absolute Gasteiger partial charge is 0.325 e. The van der Waals surface area contributed by atoms with E-state index in [0.29, 0.717) is 12.2 Å². The summed E-state index contributed by atoms with van der Waals surface area (Å²) in [5.74, 6) is 0.199. The first-order valence-corrected chi connectivity index (χ1v) is 8.57. The summed E-state index contributed by atoms with van der Waals surface area (Å²) in [6.07, 6.45) is 7.66. The second-order valence-corrected chi connectivity index (χ2v) is 6.45. The summed E-state index contributed by atoms with van der Waals surface area (Å²) < 4.78 is 5.17. The number of hydrogen-bond acceptors (Lipinski definition) is 4. The van der Waals surface area contributed by atoms with Crippen LogP contribution in [0.4, 0.5) is 4.79 Å². The molecule has 7 nitrogen and oxygen atoms in total. The number of nitrogens with zero attached hydrogens (tertiary/aromatic N) is 1. The van der Waals surface area contributed by atoms with Crippen molar-refractivity contribution < 1.29 is 18.8 Å². The van der Waals surface area contributed by atoms with Gasteiger partial charge >= 0.3 is 6.03 Å². The van der Waals surface area contributed by atoms with E-state index in [4.69, 9.17) is 4.42 Å². The number of carbonyl (C=O) groups excluding carboxylic acids is 3. The molecule has 24 heavy (non-hydrogen) atoms. The van der Waals surface area contributed by atoms with Gasteiger partial charge in [-0.05, 0) is 31.4 Å². The maximum atomic E-state index is 12.3. The SMILES string of the molecule is O=C(CCC1NC(=O)N(Cc2ccco2)C1=O)NC1CCCCC1. The number of imide groups is 1. The van der Waals surface area contributed by atoms with E-state index < -0.39 is 12.1 Å². The minimum Gasteiger partial charge on any atom is -0.467 e. The van der Waals surface area contributed by atoms with Crippen LogP contribution in [0.3, 0.4) is 0 Å². The minimum absolute atomic E-state index is 0.0477. The molecule has 0 aromatic carbocycles. The van der Waals surface area contributed by atoms with Gasteiger partial charge in [-0.3, -0.25) is 14.5 Å². The lowest BCUT2D eigenvalue weighted by atomic mass is 9.95. The molecule has 1 aliphatic carbocycles. The standard InChI is InChI=1S/C17H23N3O4/c21-15(18-12-5-2-1-3-6-12)9-8-14-16(22)20(17(23)19-14)11-13-7-4-10-24-13/h4,7,10,12,14H,1-3,5-6,8-9,11H2,(H,18,21)(H,19,23). The van der Waals surface area contributed by atoms with Crippen molar-refractivity contribution in [1.82, 2.24) is 15.5 Å². The van der Waals surface area contributed by atoms with Crippen molar-refractivity contribution in [3.8, 4) is 0 Å². The zero-order valence-corrected chi connectivity index (χ0v) is 13.6. The van der Waals surface area contributed by atoms with E-state index in [9.17, 15) is 14.4 Å². The van der Waals surface area contributed by atoms with Gasteiger partial charge < -0.3 is 15.1 Å². The van der Waals surface area contributed by atoms with E-state index in [0.717, 1.165) is 30.6 Å². The highest BCUT2D eigenvalue weighted by Gasteiger charge is 2.38. The monoisotopic (exact) mass is 333 g/mol. The molecule has 1 saturated heterocycles. The predicted molar refractivity (Wildman–Crippen MR) is 85.8 cm³/mol. The van der Waals surface area contributed by atoms with Gasteiger partial charge in [0, 0.05) is 12.5 Å². The van der Waals surface area contributed by atoms with Crippen molar-refractivity contribution in [2.24, 2.45) is 0 Å². The fourth-order valence-electron chi connectivity index (χ4n) is 3.30. The molecule has 4 amide bonds. The second kappa shape index (κ2) is 7.51. The Morgan fingerprint density at radius 1 is 1.29 bits per heavy atom. The number of hydrogen-bond donors (Lipinski definition) is 2. The van der Waals surface area contributed by atoms with Gasteiger partial charge in [-0.15, -0.1) is 0 Å². The first kappa shape index (κ1) is 16.5. The lowest BCUT2D eigenvalue weighted by molar-refractivity contribution is -0.128. The summed E-state index contributed by atoms with van der Waals surface area (Å²) in [5.41, 5.74) is 0. The van der Waals surface area contributed by atoms with Crippen molar-refractivity contribution in [2.45, 2.75) is 63.6 Å². The molecule has 2 heterocycles. The van der Waals surface area contributed by atoms with Crippen molar-refractivity contribution in [1.29, 1.82) is 0 Å². The summed E-state index contributed by atoms with van der Waals surface area (Å²) in [7, 11) is 0. The fraction of sp³-hybridized carbons (Fsp3) is 0.588. The van der Waals surface area contributed by atoms with Gasteiger partial charge in [-0.2, -0.15) is 0 Å². The van der Waals surface area contributed by atoms with Gasteiger partial charge in [-0.25, -0.2) is 4.79 Å². The highest BCUT2D eigenvalue weighted by atomic mass is 16.3. The highest BCUT2D eigenvalue weighted by molar-refractivity contribution is 6.04. The van der Waals surface area contributed by atoms with E-state index in [1.165, 1.54) is 12.7 Å². The Balaban J connectivity index is 1.46. The van der Waals surface area contributed by atoms with Crippen molar-refractivity contribution >= 4 is 17.8 Å². The summed E-state index contributed by atoms with van der Waals surface area (Å²) in [5, 5.41) is 5.67. The lowest BCUT2D eigenvalue weighted by Crippen LogP contribution is -2.37. The van der Waals surface area contributed by atoms with Crippen LogP contribution in [-0.4, -0.2) is 34.8 Å². The molecular weight excluding hydrogens is 310 g/mol. The van der Waals surface area contributed by atoms with Gasteiger partial charge in [0.2, 0.25) is 5.91 Å². The van der Waals surface area contributed by atoms with Crippen LogP contribution in [0.5, 0.6) is 0 Å². The lowest BCUT2D eigenvalue weighted by Gasteiger charge is -2.22. The number of carbonyl (C=O) groups is 3. The van der Waals surface area contributed by atoms with Crippen LogP contribution in [0.25, 0.3) is 0 Å². The molecule has 1 atom stereocenters. The molecule has 1 aromatic heterocycles. The van der Waals surface area contributed by atoms with Gasteiger partial charge in [0.15, 0.2) is 0 Å². The normalized spacial score (nSPS) is 21.8. The van der Waals surface area contributed by atoms with Crippen LogP contribution >= 0.6 is 0 Å². The zero-order chi connectivity index (χ0) is 16.9. The van der Waals surface area contributed by atoms with Crippen LogP contribution in [0.2, 0.25) is 0 Å². The van der Waals surface area contributed by atoms with E-state index in [-0.39, 0.29) is 30.8 Å². The minimum atomic E-state index is -0.635. The first-order valence-electron chi connectivity index (χ1n) is 8.57. The van der Waals surface area contributed by atoms with Gasteiger partial charge in [0.05, 0.1) is 12.8 Å². The number of rotatable bonds is 6. The molecule has 1 aromatic rings. The van der Waals surface area contributed by atoms with Crippen LogP contribution in [0, 0.1) is 0 Å². The molecular formula is C17H23N3O4. The summed E-state index contributed by atoms with van der Waals surface area (Å²) in [6, 6.07) is 2.61. The molecule has 7 heteroatoms. The molecule has 1 aliphatic heterocycles. The molecule has 1 saturated carbocycles. The van der Waals surface area contributed by atoms with Crippen LogP contribution in [0.15, 0.2) is 22.8 Å². The maximum Gasteiger partial charge on any atom is 0.325 e. The van der Waals surface area contributed by atoms with Crippen LogP contribution in [-0.2, 0) is 16.1 Å². The van der Waals surface area contributed by atoms with Gasteiger partial charge in [0.1, 0.15) is 11.8 Å². The second-order valence-electron chi connectivity index (χ2n) is 6.45. The Hall–Kier alpha value is -2.31. The van der Waals surface area contributed by atoms with Crippen molar-refractivity contribution in [3.05, 3.63) is 24.2 Å². The summed E-state index contributed by atoms with van der Waals surface area (Å²) >= 11 is 0. The molecule has 0 bridgehead atoms. The Morgan fingerprint density at radius 2 is 2.08 bits per heavy atom. The summed E-state index contributed by atoms with van der Waals surface area (Å²) in [6.45, 7) is 0.114. The Bertz CT molecular complexity index is 593. The van der Waals surface area contributed by atoms with E-state index >= 15 is 0 Å². The number of furan rings is 1. The molecule has 3 rings (SSSR count). The maximum absolute atomic E-state index is 12.3. The van der Waals surface area contributed by atoms with Crippen LogP contribution in [0.1, 0.15) is 50.7 Å². The highest BCUT2D eigenvalue weighted by Crippen LogP contribution is 2.18. The fourth-order valence-corrected chi connectivity index (χ4v) is 3.30. The third-order valence-corrected chi connectivity index (χ3v) is 4.63. The predicted octanol–water partition coefficient (Wildman–Crippen LogP) is 1.93. The van der Waals surface area contributed by atoms with Gasteiger partial charge in [-0.1, -0.05) is 19.3 Å². The molecule has 0 radical (unpaired) electrons. The largest absolute Gasteiger partial charge is 0.467 e. The zero-order valence-electron chi connectivity index (χ0n) is 13.6. The van der Waals surface area contributed by atoms with Crippen molar-refractivity contribution in [2.75, 3.05) is 0 Å². The Labute approximate surface area is 140 Å². The quantitative estimate of drug-likeness (QED) is 0.778. The average Bonchev–Trinajstić information content (AvgIpc) is 3.18. The van der Waals surface area contributed by atoms with E-state index in [1.807, 2.05) is 0 Å². The molecule has 2 aliphatic rings. The van der Waals surface area contributed by atoms with E-state index in [1.54, 1.807) is 12.1 Å². The molecule has 130 valence electrons. The number of urea groups is 1. The third kappa shape index (κ3) is 3.96. The average molecular weight is 333 g/mol. The molecule has 2 N–H and O–H groups in total. The van der Waals surface area contributed by atoms with Gasteiger partial charge in [0.25, 0.3) is 5.91 Å². The Kier molecular flexibility index (Phi) is 5.17. The number of nitrogens with one attached hydrogen (secondary N) is 2. The molecule has 2 fully saturated rings. The Morgan fingerprint density at radius 3 is 2.79 bits per heavy atom. The molecule has 0 spiro atoms. The van der Waals surface area contributed by atoms with Crippen molar-refractivity contribution in [3.63, 3.8) is 0 Å². The van der Waals surface area contributed by atoms with Crippen LogP contribution < -0.4 is 10.6 Å². The topological polar surface area (TPSA) is 91.7 Å². The first-order chi connectivity index (χ1) is 11.6. The van der Waals surface area contributed by atoms with E-state index in [2.05, 4.69) is 10.6 Å². The molecule has 1 unspecified atom stereocenters. The number of amides is 4.